The molecular weight excluding hydrogens is 472 g/mol. The van der Waals surface area contributed by atoms with Gasteiger partial charge in [-0.15, -0.1) is 0 Å². The molecular formula is C29H36N2O6. The van der Waals surface area contributed by atoms with Crippen molar-refractivity contribution in [2.24, 2.45) is 17.8 Å². The van der Waals surface area contributed by atoms with E-state index < -0.39 is 41.6 Å². The zero-order valence-corrected chi connectivity index (χ0v) is 21.5. The van der Waals surface area contributed by atoms with Crippen molar-refractivity contribution in [3.63, 3.8) is 0 Å². The van der Waals surface area contributed by atoms with Gasteiger partial charge < -0.3 is 24.4 Å². The van der Waals surface area contributed by atoms with E-state index in [4.69, 9.17) is 9.47 Å². The standard InChI is InChI=1S/C29H36N2O6/c1-19(2)16-21(18-32)31-25-27(34)30(17-20-10-5-3-6-11-20)14-9-13-29(25)24(26(31)33)23-22(37-29)12-7-4-8-15-36-28(23)35/h3,5-7,9-13,19,21-25,32H,4,8,14-18H2,1-2H3/b12-7-/t21-,22+,23-,24+,25?,29+/m1/s1. The quantitative estimate of drug-likeness (QED) is 0.469. The maximum absolute atomic E-state index is 14.3. The van der Waals surface area contributed by atoms with Crippen LogP contribution in [0.25, 0.3) is 0 Å². The van der Waals surface area contributed by atoms with Gasteiger partial charge in [-0.25, -0.2) is 0 Å². The molecule has 2 amide bonds. The monoisotopic (exact) mass is 508 g/mol. The highest BCUT2D eigenvalue weighted by atomic mass is 16.6. The summed E-state index contributed by atoms with van der Waals surface area (Å²) >= 11 is 0. The minimum atomic E-state index is -1.32. The fourth-order valence-electron chi connectivity index (χ4n) is 6.40. The molecule has 198 valence electrons. The third-order valence-corrected chi connectivity index (χ3v) is 7.94. The largest absolute Gasteiger partial charge is 0.465 e. The van der Waals surface area contributed by atoms with Crippen LogP contribution in [0.1, 0.15) is 38.7 Å². The first-order valence-electron chi connectivity index (χ1n) is 13.3. The minimum absolute atomic E-state index is 0.185. The van der Waals surface area contributed by atoms with E-state index in [0.29, 0.717) is 25.9 Å². The molecule has 1 aromatic carbocycles. The number of cyclic esters (lactones) is 1. The molecule has 0 aromatic heterocycles. The number of hydrogen-bond donors (Lipinski definition) is 1. The Hall–Kier alpha value is -2.97. The Balaban J connectivity index is 1.60. The van der Waals surface area contributed by atoms with E-state index in [1.807, 2.05) is 68.5 Å². The number of allylic oxidation sites excluding steroid dienone is 1. The molecule has 6 atom stereocenters. The van der Waals surface area contributed by atoms with Crippen LogP contribution in [0.4, 0.5) is 0 Å². The molecule has 4 aliphatic heterocycles. The van der Waals surface area contributed by atoms with Gasteiger partial charge in [0.25, 0.3) is 0 Å². The predicted octanol–water partition coefficient (Wildman–Crippen LogP) is 2.47. The zero-order chi connectivity index (χ0) is 26.2. The van der Waals surface area contributed by atoms with Gasteiger partial charge in [-0.1, -0.05) is 68.5 Å². The molecule has 0 saturated carbocycles. The SMILES string of the molecule is CC(C)C[C@H](CO)N1C(=O)[C@@H]2[C@@H]3C(=O)OCCC/C=C\[C@@H]3O[C@@]23C=CCN(Cc2ccccc2)C(=O)C13. The number of esters is 1. The Bertz CT molecular complexity index is 1090. The molecule has 5 rings (SSSR count). The predicted molar refractivity (Wildman–Crippen MR) is 136 cm³/mol. The second kappa shape index (κ2) is 10.4. The normalized spacial score (nSPS) is 33.1. The number of aliphatic hydroxyl groups is 1. The van der Waals surface area contributed by atoms with E-state index in [-0.39, 0.29) is 30.9 Å². The van der Waals surface area contributed by atoms with Crippen LogP contribution in [-0.4, -0.2) is 76.2 Å². The average molecular weight is 509 g/mol. The van der Waals surface area contributed by atoms with Crippen LogP contribution in [0.5, 0.6) is 0 Å². The van der Waals surface area contributed by atoms with E-state index in [1.165, 1.54) is 4.90 Å². The maximum atomic E-state index is 14.3. The highest BCUT2D eigenvalue weighted by molar-refractivity contribution is 5.99. The van der Waals surface area contributed by atoms with Gasteiger partial charge in [-0.2, -0.15) is 0 Å². The number of ether oxygens (including phenoxy) is 2. The van der Waals surface area contributed by atoms with Crippen LogP contribution in [0, 0.1) is 17.8 Å². The lowest BCUT2D eigenvalue weighted by atomic mass is 9.78. The van der Waals surface area contributed by atoms with Gasteiger partial charge in [-0.05, 0) is 30.7 Å². The van der Waals surface area contributed by atoms with Gasteiger partial charge in [0.15, 0.2) is 0 Å². The van der Waals surface area contributed by atoms with Gasteiger partial charge in [0, 0.05) is 13.1 Å². The average Bonchev–Trinajstić information content (AvgIpc) is 3.30. The summed E-state index contributed by atoms with van der Waals surface area (Å²) in [4.78, 5) is 45.1. The van der Waals surface area contributed by atoms with Crippen LogP contribution < -0.4 is 0 Å². The van der Waals surface area contributed by atoms with Crippen molar-refractivity contribution in [2.45, 2.75) is 63.4 Å². The maximum Gasteiger partial charge on any atom is 0.312 e. The van der Waals surface area contributed by atoms with E-state index in [1.54, 1.807) is 4.90 Å². The topological polar surface area (TPSA) is 96.4 Å². The lowest BCUT2D eigenvalue weighted by Crippen LogP contribution is -2.58. The van der Waals surface area contributed by atoms with Crippen LogP contribution in [0.3, 0.4) is 0 Å². The second-order valence-corrected chi connectivity index (χ2v) is 10.9. The Morgan fingerprint density at radius 3 is 2.62 bits per heavy atom. The van der Waals surface area contributed by atoms with Crippen LogP contribution in [0.15, 0.2) is 54.6 Å². The van der Waals surface area contributed by atoms with Crippen molar-refractivity contribution in [3.05, 3.63) is 60.2 Å². The number of amides is 2. The fourth-order valence-corrected chi connectivity index (χ4v) is 6.40. The first kappa shape index (κ1) is 25.7. The molecule has 0 bridgehead atoms. The number of fused-ring (bicyclic) bond motifs is 2. The van der Waals surface area contributed by atoms with Gasteiger partial charge in [-0.3, -0.25) is 14.4 Å². The number of aliphatic hydroxyl groups excluding tert-OH is 1. The molecule has 8 nitrogen and oxygen atoms in total. The molecule has 0 aliphatic carbocycles. The zero-order valence-electron chi connectivity index (χ0n) is 21.5. The number of likely N-dealkylation sites (tertiary alicyclic amines) is 1. The van der Waals surface area contributed by atoms with Crippen molar-refractivity contribution >= 4 is 17.8 Å². The Morgan fingerprint density at radius 1 is 1.11 bits per heavy atom. The third-order valence-electron chi connectivity index (χ3n) is 7.94. The van der Waals surface area contributed by atoms with Gasteiger partial charge in [0.2, 0.25) is 11.8 Å². The Kier molecular flexibility index (Phi) is 7.23. The molecule has 2 saturated heterocycles. The molecule has 4 heterocycles. The van der Waals surface area contributed by atoms with Crippen molar-refractivity contribution in [1.29, 1.82) is 0 Å². The summed E-state index contributed by atoms with van der Waals surface area (Å²) in [7, 11) is 0. The number of benzene rings is 1. The highest BCUT2D eigenvalue weighted by Crippen LogP contribution is 2.54. The van der Waals surface area contributed by atoms with Crippen LogP contribution in [0.2, 0.25) is 0 Å². The number of rotatable bonds is 6. The number of nitrogens with zero attached hydrogens (tertiary/aromatic N) is 2. The lowest BCUT2D eigenvalue weighted by molar-refractivity contribution is -0.156. The first-order valence-corrected chi connectivity index (χ1v) is 13.3. The number of carbonyl (C=O) groups is 3. The molecule has 2 fully saturated rings. The van der Waals surface area contributed by atoms with E-state index in [0.717, 1.165) is 12.0 Å². The van der Waals surface area contributed by atoms with Crippen molar-refractivity contribution in [1.82, 2.24) is 9.80 Å². The van der Waals surface area contributed by atoms with Crippen LogP contribution >= 0.6 is 0 Å². The molecule has 1 unspecified atom stereocenters. The highest BCUT2D eigenvalue weighted by Gasteiger charge is 2.72. The molecule has 1 N–H and O–H groups in total. The van der Waals surface area contributed by atoms with Crippen molar-refractivity contribution in [3.8, 4) is 0 Å². The molecule has 8 heteroatoms. The number of hydrogen-bond acceptors (Lipinski definition) is 6. The second-order valence-electron chi connectivity index (χ2n) is 10.9. The molecule has 1 aromatic rings. The summed E-state index contributed by atoms with van der Waals surface area (Å²) in [5.74, 6) is -2.62. The smallest absolute Gasteiger partial charge is 0.312 e. The van der Waals surface area contributed by atoms with E-state index >= 15 is 0 Å². The Labute approximate surface area is 217 Å². The summed E-state index contributed by atoms with van der Waals surface area (Å²) in [6.07, 6.45) is 8.81. The van der Waals surface area contributed by atoms with Gasteiger partial charge in [0.1, 0.15) is 17.6 Å². The summed E-state index contributed by atoms with van der Waals surface area (Å²) in [5.41, 5.74) is -0.340. The molecule has 37 heavy (non-hydrogen) atoms. The van der Waals surface area contributed by atoms with E-state index in [2.05, 4.69) is 0 Å². The Morgan fingerprint density at radius 2 is 1.89 bits per heavy atom. The van der Waals surface area contributed by atoms with Crippen LogP contribution in [-0.2, 0) is 30.4 Å². The summed E-state index contributed by atoms with van der Waals surface area (Å²) < 4.78 is 12.2. The first-order chi connectivity index (χ1) is 17.9. The summed E-state index contributed by atoms with van der Waals surface area (Å²) in [6.45, 7) is 4.77. The molecule has 0 radical (unpaired) electrons. The lowest BCUT2D eigenvalue weighted by Gasteiger charge is -2.39. The summed E-state index contributed by atoms with van der Waals surface area (Å²) in [6, 6.07) is 8.15. The molecule has 4 aliphatic rings. The van der Waals surface area contributed by atoms with Crippen molar-refractivity contribution in [2.75, 3.05) is 19.8 Å². The summed E-state index contributed by atoms with van der Waals surface area (Å²) in [5, 5.41) is 10.4. The van der Waals surface area contributed by atoms with Gasteiger partial charge >= 0.3 is 5.97 Å². The van der Waals surface area contributed by atoms with E-state index in [9.17, 15) is 19.5 Å². The fraction of sp³-hybridized carbons (Fsp3) is 0.552. The van der Waals surface area contributed by atoms with Gasteiger partial charge in [0.05, 0.1) is 31.3 Å². The minimum Gasteiger partial charge on any atom is -0.465 e. The third kappa shape index (κ3) is 4.50. The van der Waals surface area contributed by atoms with Crippen molar-refractivity contribution < 1.29 is 29.0 Å². The molecule has 1 spiro atoms. The number of carbonyl (C=O) groups excluding carboxylic acids is 3.